The van der Waals surface area contributed by atoms with E-state index in [4.69, 9.17) is 10.8 Å². The number of hydrogen-bond donors (Lipinski definition) is 2. The van der Waals surface area contributed by atoms with Crippen molar-refractivity contribution in [2.45, 2.75) is 26.8 Å². The Labute approximate surface area is 78.2 Å². The van der Waals surface area contributed by atoms with Crippen LogP contribution in [0, 0.1) is 0 Å². The average molecular weight is 194 g/mol. The molecule has 0 saturated carbocycles. The van der Waals surface area contributed by atoms with Gasteiger partial charge in [-0.05, 0) is 20.8 Å². The Balaban J connectivity index is 0. The van der Waals surface area contributed by atoms with Gasteiger partial charge in [0.2, 0.25) is 0 Å². The van der Waals surface area contributed by atoms with Crippen molar-refractivity contribution in [2.24, 2.45) is 5.73 Å². The molecule has 0 spiro atoms. The number of rotatable bonds is 2. The number of carbonyl (C=O) groups is 1. The van der Waals surface area contributed by atoms with Crippen LogP contribution in [-0.4, -0.2) is 23.5 Å². The highest BCUT2D eigenvalue weighted by molar-refractivity contribution is 6.15. The van der Waals surface area contributed by atoms with Gasteiger partial charge in [-0.25, -0.2) is 4.79 Å². The summed E-state index contributed by atoms with van der Waals surface area (Å²) in [5.41, 5.74) is 6.47. The van der Waals surface area contributed by atoms with Gasteiger partial charge in [0.25, 0.3) is 0 Å². The summed E-state index contributed by atoms with van der Waals surface area (Å²) in [6.07, 6.45) is 1.47. The number of carboxylic acids is 1. The van der Waals surface area contributed by atoms with E-state index in [0.29, 0.717) is 5.57 Å². The Morgan fingerprint density at radius 1 is 1.42 bits per heavy atom. The summed E-state index contributed by atoms with van der Waals surface area (Å²) in [6.45, 7) is 5.15. The predicted molar refractivity (Wildman–Crippen MR) is 51.4 cm³/mol. The van der Waals surface area contributed by atoms with Gasteiger partial charge in [-0.15, -0.1) is 11.6 Å². The van der Waals surface area contributed by atoms with Gasteiger partial charge in [0.05, 0.1) is 5.57 Å². The lowest BCUT2D eigenvalue weighted by Gasteiger charge is -2.07. The molecule has 4 heteroatoms. The zero-order chi connectivity index (χ0) is 10.3. The second-order valence-corrected chi connectivity index (χ2v) is 2.51. The monoisotopic (exact) mass is 193 g/mol. The van der Waals surface area contributed by atoms with Crippen molar-refractivity contribution in [3.8, 4) is 0 Å². The van der Waals surface area contributed by atoms with E-state index in [-0.39, 0.29) is 6.04 Å². The molecule has 12 heavy (non-hydrogen) atoms. The van der Waals surface area contributed by atoms with E-state index in [1.807, 2.05) is 0 Å². The minimum Gasteiger partial charge on any atom is -0.478 e. The molecule has 3 nitrogen and oxygen atoms in total. The number of aliphatic carboxylic acids is 1. The highest BCUT2D eigenvalue weighted by atomic mass is 35.5. The zero-order valence-electron chi connectivity index (χ0n) is 7.89. The lowest BCUT2D eigenvalue weighted by Crippen LogP contribution is -2.24. The quantitative estimate of drug-likeness (QED) is 0.518. The van der Waals surface area contributed by atoms with E-state index >= 15 is 0 Å². The molecule has 0 aliphatic heterocycles. The van der Waals surface area contributed by atoms with E-state index in [9.17, 15) is 4.79 Å². The molecule has 0 aromatic carbocycles. The molecule has 72 valence electrons. The number of alkyl halides is 1. The van der Waals surface area contributed by atoms with Gasteiger partial charge in [-0.3, -0.25) is 0 Å². The minimum atomic E-state index is -0.921. The second kappa shape index (κ2) is 7.13. The topological polar surface area (TPSA) is 63.3 Å². The SMILES string of the molecule is CC(C)=C(C(=O)O)C(C)N.CCl. The molecular formula is C8H16ClNO2. The number of carboxylic acid groups (broad SMARTS) is 1. The van der Waals surface area contributed by atoms with E-state index in [1.165, 1.54) is 6.38 Å². The summed E-state index contributed by atoms with van der Waals surface area (Å²) < 4.78 is 0. The maximum Gasteiger partial charge on any atom is 0.333 e. The predicted octanol–water partition coefficient (Wildman–Crippen LogP) is 1.61. The van der Waals surface area contributed by atoms with Crippen LogP contribution in [0.4, 0.5) is 0 Å². The molecule has 1 unspecified atom stereocenters. The van der Waals surface area contributed by atoms with Crippen LogP contribution in [0.5, 0.6) is 0 Å². The van der Waals surface area contributed by atoms with Crippen LogP contribution in [0.3, 0.4) is 0 Å². The number of nitrogens with two attached hydrogens (primary N) is 1. The number of hydrogen-bond acceptors (Lipinski definition) is 2. The summed E-state index contributed by atoms with van der Waals surface area (Å²) in [6, 6.07) is -0.387. The fourth-order valence-corrected chi connectivity index (χ4v) is 0.864. The van der Waals surface area contributed by atoms with Crippen molar-refractivity contribution in [3.05, 3.63) is 11.1 Å². The third kappa shape index (κ3) is 5.16. The van der Waals surface area contributed by atoms with Crippen LogP contribution in [0.15, 0.2) is 11.1 Å². The first-order valence-electron chi connectivity index (χ1n) is 3.51. The summed E-state index contributed by atoms with van der Waals surface area (Å²) in [4.78, 5) is 10.4. The summed E-state index contributed by atoms with van der Waals surface area (Å²) in [5, 5.41) is 8.58. The Hall–Kier alpha value is -0.540. The van der Waals surface area contributed by atoms with Crippen molar-refractivity contribution in [2.75, 3.05) is 6.38 Å². The molecule has 0 aliphatic carbocycles. The largest absolute Gasteiger partial charge is 0.478 e. The first-order valence-corrected chi connectivity index (χ1v) is 4.26. The summed E-state index contributed by atoms with van der Waals surface area (Å²) >= 11 is 4.64. The third-order valence-corrected chi connectivity index (χ3v) is 1.22. The summed E-state index contributed by atoms with van der Waals surface area (Å²) in [5.74, 6) is -0.921. The standard InChI is InChI=1S/C7H13NO2.CH3Cl/c1-4(2)6(5(3)8)7(9)10;1-2/h5H,8H2,1-3H3,(H,9,10);1H3. The zero-order valence-corrected chi connectivity index (χ0v) is 8.64. The van der Waals surface area contributed by atoms with Crippen LogP contribution in [0.2, 0.25) is 0 Å². The molecular weight excluding hydrogens is 178 g/mol. The first-order chi connectivity index (χ1) is 5.46. The Morgan fingerprint density at radius 2 is 1.75 bits per heavy atom. The van der Waals surface area contributed by atoms with Crippen LogP contribution >= 0.6 is 11.6 Å². The van der Waals surface area contributed by atoms with Gasteiger partial charge in [-0.2, -0.15) is 0 Å². The average Bonchev–Trinajstić information content (AvgIpc) is 1.88. The fraction of sp³-hybridized carbons (Fsp3) is 0.625. The molecule has 1 atom stereocenters. The molecule has 0 rings (SSSR count). The number of halogens is 1. The van der Waals surface area contributed by atoms with E-state index in [0.717, 1.165) is 5.57 Å². The number of allylic oxidation sites excluding steroid dienone is 1. The van der Waals surface area contributed by atoms with Gasteiger partial charge < -0.3 is 10.8 Å². The normalized spacial score (nSPS) is 10.8. The third-order valence-electron chi connectivity index (χ3n) is 1.22. The van der Waals surface area contributed by atoms with Crippen LogP contribution in [0.25, 0.3) is 0 Å². The maximum absolute atomic E-state index is 10.4. The Bertz CT molecular complexity index is 172. The van der Waals surface area contributed by atoms with Crippen molar-refractivity contribution in [1.82, 2.24) is 0 Å². The Morgan fingerprint density at radius 3 is 1.75 bits per heavy atom. The molecule has 0 amide bonds. The van der Waals surface area contributed by atoms with Crippen LogP contribution < -0.4 is 5.73 Å². The molecule has 0 radical (unpaired) electrons. The van der Waals surface area contributed by atoms with Gasteiger partial charge in [-0.1, -0.05) is 5.57 Å². The summed E-state index contributed by atoms with van der Waals surface area (Å²) in [7, 11) is 0. The fourth-order valence-electron chi connectivity index (χ4n) is 0.864. The molecule has 0 aromatic heterocycles. The highest BCUT2D eigenvalue weighted by Crippen LogP contribution is 2.06. The van der Waals surface area contributed by atoms with E-state index in [1.54, 1.807) is 20.8 Å². The molecule has 0 fully saturated rings. The van der Waals surface area contributed by atoms with Crippen molar-refractivity contribution in [3.63, 3.8) is 0 Å². The van der Waals surface area contributed by atoms with Gasteiger partial charge in [0.15, 0.2) is 0 Å². The van der Waals surface area contributed by atoms with Gasteiger partial charge in [0, 0.05) is 12.4 Å². The second-order valence-electron chi connectivity index (χ2n) is 2.51. The minimum absolute atomic E-state index is 0.306. The van der Waals surface area contributed by atoms with Crippen molar-refractivity contribution >= 4 is 17.6 Å². The molecule has 0 aromatic rings. The highest BCUT2D eigenvalue weighted by Gasteiger charge is 2.12. The van der Waals surface area contributed by atoms with Crippen LogP contribution in [0.1, 0.15) is 20.8 Å². The van der Waals surface area contributed by atoms with Crippen molar-refractivity contribution in [1.29, 1.82) is 0 Å². The lowest BCUT2D eigenvalue weighted by molar-refractivity contribution is -0.132. The van der Waals surface area contributed by atoms with Gasteiger partial charge >= 0.3 is 5.97 Å². The lowest BCUT2D eigenvalue weighted by atomic mass is 10.1. The molecule has 0 bridgehead atoms. The van der Waals surface area contributed by atoms with E-state index < -0.39 is 5.97 Å². The van der Waals surface area contributed by atoms with Crippen LogP contribution in [-0.2, 0) is 4.79 Å². The van der Waals surface area contributed by atoms with Gasteiger partial charge in [0.1, 0.15) is 0 Å². The van der Waals surface area contributed by atoms with E-state index in [2.05, 4.69) is 11.6 Å². The molecule has 3 N–H and O–H groups in total. The molecule has 0 aliphatic rings. The maximum atomic E-state index is 10.4. The first kappa shape index (κ1) is 14.0. The van der Waals surface area contributed by atoms with Crippen molar-refractivity contribution < 1.29 is 9.90 Å². The Kier molecular flexibility index (Phi) is 8.32. The molecule has 0 heterocycles. The molecule has 0 saturated heterocycles. The smallest absolute Gasteiger partial charge is 0.333 e.